The number of nitrogens with zero attached hydrogens (tertiary/aromatic N) is 2. The van der Waals surface area contributed by atoms with E-state index in [0.29, 0.717) is 11.7 Å². The number of rotatable bonds is 1. The summed E-state index contributed by atoms with van der Waals surface area (Å²) in [7, 11) is 0. The molecule has 1 fully saturated rings. The van der Waals surface area contributed by atoms with Crippen LogP contribution in [0.2, 0.25) is 0 Å². The molecular weight excluding hydrogens is 190 g/mol. The fraction of sp³-hybridized carbons (Fsp3) is 0.636. The number of anilines is 1. The van der Waals surface area contributed by atoms with Crippen molar-refractivity contribution in [2.45, 2.75) is 31.6 Å². The standard InChI is InChI=1S/C11H15N3O/c12-10-8-2-1-3-9(8)13-11(14-10)7-4-5-15-6-7/h7H,1-6H2,(H2,12,13,14). The van der Waals surface area contributed by atoms with Crippen LogP contribution in [0, 0.1) is 0 Å². The molecule has 3 rings (SSSR count). The summed E-state index contributed by atoms with van der Waals surface area (Å²) >= 11 is 0. The zero-order chi connectivity index (χ0) is 10.3. The topological polar surface area (TPSA) is 61.0 Å². The van der Waals surface area contributed by atoms with Crippen molar-refractivity contribution in [2.75, 3.05) is 18.9 Å². The minimum atomic E-state index is 0.359. The van der Waals surface area contributed by atoms with E-state index in [1.807, 2.05) is 0 Å². The molecule has 2 N–H and O–H groups in total. The first-order valence-electron chi connectivity index (χ1n) is 5.57. The van der Waals surface area contributed by atoms with E-state index < -0.39 is 0 Å². The first-order valence-corrected chi connectivity index (χ1v) is 5.57. The smallest absolute Gasteiger partial charge is 0.136 e. The Hall–Kier alpha value is -1.16. The number of ether oxygens (including phenoxy) is 1. The van der Waals surface area contributed by atoms with Crippen molar-refractivity contribution in [2.24, 2.45) is 0 Å². The Morgan fingerprint density at radius 3 is 3.00 bits per heavy atom. The third-order valence-corrected chi connectivity index (χ3v) is 3.28. The van der Waals surface area contributed by atoms with Gasteiger partial charge >= 0.3 is 0 Å². The lowest BCUT2D eigenvalue weighted by Gasteiger charge is -2.10. The number of nitrogen functional groups attached to an aromatic ring is 1. The second kappa shape index (κ2) is 3.45. The van der Waals surface area contributed by atoms with Crippen molar-refractivity contribution < 1.29 is 4.74 Å². The van der Waals surface area contributed by atoms with Crippen LogP contribution in [0.4, 0.5) is 5.82 Å². The fourth-order valence-corrected chi connectivity index (χ4v) is 2.40. The predicted molar refractivity (Wildman–Crippen MR) is 56.6 cm³/mol. The molecule has 2 aliphatic rings. The summed E-state index contributed by atoms with van der Waals surface area (Å²) in [4.78, 5) is 9.04. The Morgan fingerprint density at radius 1 is 1.27 bits per heavy atom. The van der Waals surface area contributed by atoms with Gasteiger partial charge in [0.15, 0.2) is 0 Å². The number of hydrogen-bond donors (Lipinski definition) is 1. The second-order valence-electron chi connectivity index (χ2n) is 4.31. The van der Waals surface area contributed by atoms with Crippen LogP contribution in [0.5, 0.6) is 0 Å². The Labute approximate surface area is 88.9 Å². The van der Waals surface area contributed by atoms with Crippen molar-refractivity contribution >= 4 is 5.82 Å². The normalized spacial score (nSPS) is 24.4. The van der Waals surface area contributed by atoms with Gasteiger partial charge in [0.2, 0.25) is 0 Å². The molecular formula is C11H15N3O. The van der Waals surface area contributed by atoms with Crippen LogP contribution >= 0.6 is 0 Å². The lowest BCUT2D eigenvalue weighted by atomic mass is 10.1. The maximum Gasteiger partial charge on any atom is 0.136 e. The third kappa shape index (κ3) is 1.49. The van der Waals surface area contributed by atoms with Crippen LogP contribution in [0.15, 0.2) is 0 Å². The van der Waals surface area contributed by atoms with E-state index in [1.165, 1.54) is 17.7 Å². The summed E-state index contributed by atoms with van der Waals surface area (Å²) in [5.41, 5.74) is 8.30. The molecule has 4 nitrogen and oxygen atoms in total. The third-order valence-electron chi connectivity index (χ3n) is 3.28. The SMILES string of the molecule is Nc1nc(C2CCOC2)nc2c1CCC2. The van der Waals surface area contributed by atoms with Crippen LogP contribution in [0.1, 0.15) is 35.8 Å². The number of fused-ring (bicyclic) bond motifs is 1. The highest BCUT2D eigenvalue weighted by Crippen LogP contribution is 2.28. The molecule has 0 saturated carbocycles. The predicted octanol–water partition coefficient (Wildman–Crippen LogP) is 1.05. The van der Waals surface area contributed by atoms with Gasteiger partial charge in [-0.1, -0.05) is 0 Å². The Kier molecular flexibility index (Phi) is 2.09. The highest BCUT2D eigenvalue weighted by molar-refractivity contribution is 5.45. The second-order valence-corrected chi connectivity index (χ2v) is 4.31. The average Bonchev–Trinajstić information content (AvgIpc) is 2.88. The molecule has 1 unspecified atom stereocenters. The molecule has 1 aromatic heterocycles. The van der Waals surface area contributed by atoms with E-state index in [1.54, 1.807) is 0 Å². The number of aryl methyl sites for hydroxylation is 1. The number of aromatic nitrogens is 2. The summed E-state index contributed by atoms with van der Waals surface area (Å²) in [6.07, 6.45) is 4.29. The van der Waals surface area contributed by atoms with Crippen LogP contribution in [0.25, 0.3) is 0 Å². The molecule has 0 spiro atoms. The lowest BCUT2D eigenvalue weighted by molar-refractivity contribution is 0.193. The van der Waals surface area contributed by atoms with Gasteiger partial charge in [-0.2, -0.15) is 0 Å². The first kappa shape index (κ1) is 9.09. The van der Waals surface area contributed by atoms with Crippen molar-refractivity contribution in [3.8, 4) is 0 Å². The molecule has 1 aromatic rings. The monoisotopic (exact) mass is 205 g/mol. The molecule has 80 valence electrons. The molecule has 0 bridgehead atoms. The highest BCUT2D eigenvalue weighted by atomic mass is 16.5. The summed E-state index contributed by atoms with van der Waals surface area (Å²) in [5, 5.41) is 0. The van der Waals surface area contributed by atoms with Gasteiger partial charge in [0.25, 0.3) is 0 Å². The molecule has 15 heavy (non-hydrogen) atoms. The van der Waals surface area contributed by atoms with Gasteiger partial charge in [-0.25, -0.2) is 9.97 Å². The minimum absolute atomic E-state index is 0.359. The molecule has 2 heterocycles. The van der Waals surface area contributed by atoms with Crippen molar-refractivity contribution in [1.29, 1.82) is 0 Å². The van der Waals surface area contributed by atoms with E-state index in [4.69, 9.17) is 10.5 Å². The lowest BCUT2D eigenvalue weighted by Crippen LogP contribution is -2.10. The summed E-state index contributed by atoms with van der Waals surface area (Å²) < 4.78 is 5.35. The minimum Gasteiger partial charge on any atom is -0.383 e. The quantitative estimate of drug-likeness (QED) is 0.744. The first-order chi connectivity index (χ1) is 7.34. The van der Waals surface area contributed by atoms with Gasteiger partial charge in [0, 0.05) is 23.8 Å². The van der Waals surface area contributed by atoms with Gasteiger partial charge in [0.05, 0.1) is 6.61 Å². The zero-order valence-electron chi connectivity index (χ0n) is 8.70. The number of hydrogen-bond acceptors (Lipinski definition) is 4. The molecule has 1 aliphatic carbocycles. The molecule has 0 aromatic carbocycles. The van der Waals surface area contributed by atoms with Crippen molar-refractivity contribution in [3.63, 3.8) is 0 Å². The van der Waals surface area contributed by atoms with Crippen LogP contribution in [0.3, 0.4) is 0 Å². The number of nitrogens with two attached hydrogens (primary N) is 1. The van der Waals surface area contributed by atoms with Gasteiger partial charge in [-0.15, -0.1) is 0 Å². The van der Waals surface area contributed by atoms with E-state index in [9.17, 15) is 0 Å². The van der Waals surface area contributed by atoms with E-state index in [0.717, 1.165) is 38.3 Å². The molecule has 0 radical (unpaired) electrons. The summed E-state index contributed by atoms with van der Waals surface area (Å²) in [5.74, 6) is 1.95. The molecule has 1 atom stereocenters. The van der Waals surface area contributed by atoms with E-state index >= 15 is 0 Å². The highest BCUT2D eigenvalue weighted by Gasteiger charge is 2.24. The average molecular weight is 205 g/mol. The van der Waals surface area contributed by atoms with Crippen LogP contribution < -0.4 is 5.73 Å². The summed E-state index contributed by atoms with van der Waals surface area (Å²) in [6, 6.07) is 0. The molecule has 0 amide bonds. The molecule has 1 saturated heterocycles. The van der Waals surface area contributed by atoms with Gasteiger partial charge in [0.1, 0.15) is 11.6 Å². The van der Waals surface area contributed by atoms with E-state index in [2.05, 4.69) is 9.97 Å². The summed E-state index contributed by atoms with van der Waals surface area (Å²) in [6.45, 7) is 1.57. The van der Waals surface area contributed by atoms with Crippen LogP contribution in [-0.2, 0) is 17.6 Å². The Balaban J connectivity index is 1.99. The fourth-order valence-electron chi connectivity index (χ4n) is 2.40. The largest absolute Gasteiger partial charge is 0.383 e. The maximum atomic E-state index is 5.95. The van der Waals surface area contributed by atoms with Gasteiger partial charge in [-0.3, -0.25) is 0 Å². The van der Waals surface area contributed by atoms with Crippen molar-refractivity contribution in [3.05, 3.63) is 17.1 Å². The van der Waals surface area contributed by atoms with Crippen LogP contribution in [-0.4, -0.2) is 23.2 Å². The Morgan fingerprint density at radius 2 is 2.20 bits per heavy atom. The molecule has 4 heteroatoms. The molecule has 1 aliphatic heterocycles. The Bertz CT molecular complexity index is 386. The van der Waals surface area contributed by atoms with Gasteiger partial charge < -0.3 is 10.5 Å². The van der Waals surface area contributed by atoms with E-state index in [-0.39, 0.29) is 0 Å². The zero-order valence-corrected chi connectivity index (χ0v) is 8.70. The van der Waals surface area contributed by atoms with Gasteiger partial charge in [-0.05, 0) is 25.7 Å². The maximum absolute atomic E-state index is 5.95. The van der Waals surface area contributed by atoms with Crippen molar-refractivity contribution in [1.82, 2.24) is 9.97 Å².